The molecule has 2 heteroatoms. The third-order valence-electron chi connectivity index (χ3n) is 9.87. The Hall–Kier alpha value is -5.08. The Bertz CT molecular complexity index is 1760. The van der Waals surface area contributed by atoms with Gasteiger partial charge in [0.05, 0.1) is 0 Å². The third-order valence-corrected chi connectivity index (χ3v) is 9.87. The van der Waals surface area contributed by atoms with Crippen molar-refractivity contribution in [3.63, 3.8) is 0 Å². The van der Waals surface area contributed by atoms with E-state index in [1.807, 2.05) is 0 Å². The Balaban J connectivity index is 1.22. The van der Waals surface area contributed by atoms with Gasteiger partial charge in [-0.05, 0) is 97.0 Å². The number of nitrogens with zero attached hydrogens (tertiary/aromatic N) is 2. The molecule has 0 spiro atoms. The van der Waals surface area contributed by atoms with Gasteiger partial charge in [-0.25, -0.2) is 0 Å². The van der Waals surface area contributed by atoms with E-state index < -0.39 is 0 Å². The Morgan fingerprint density at radius 1 is 0.532 bits per heavy atom. The lowest BCUT2D eigenvalue weighted by molar-refractivity contribution is 0.346. The van der Waals surface area contributed by atoms with Crippen LogP contribution in [0.3, 0.4) is 0 Å². The molecule has 47 heavy (non-hydrogen) atoms. The molecule has 2 nitrogen and oxygen atoms in total. The van der Waals surface area contributed by atoms with Crippen LogP contribution in [0.2, 0.25) is 0 Å². The van der Waals surface area contributed by atoms with Gasteiger partial charge in [0.25, 0.3) is 0 Å². The molecule has 1 fully saturated rings. The molecule has 0 amide bonds. The van der Waals surface area contributed by atoms with Gasteiger partial charge in [0, 0.05) is 40.4 Å². The molecule has 0 unspecified atom stereocenters. The van der Waals surface area contributed by atoms with Crippen LogP contribution in [0.5, 0.6) is 0 Å². The van der Waals surface area contributed by atoms with Crippen molar-refractivity contribution in [1.29, 1.82) is 0 Å². The molecule has 0 saturated heterocycles. The second-order valence-electron chi connectivity index (χ2n) is 12.8. The maximum Gasteiger partial charge on any atom is 0.0461 e. The number of hydrogen-bond donors (Lipinski definition) is 0. The highest BCUT2D eigenvalue weighted by molar-refractivity contribution is 5.76. The quantitative estimate of drug-likeness (QED) is 0.185. The van der Waals surface area contributed by atoms with E-state index in [4.69, 9.17) is 0 Å². The zero-order chi connectivity index (χ0) is 31.7. The van der Waals surface area contributed by atoms with Gasteiger partial charge in [0.2, 0.25) is 0 Å². The first kappa shape index (κ1) is 30.6. The van der Waals surface area contributed by atoms with Crippen molar-refractivity contribution in [3.8, 4) is 0 Å². The van der Waals surface area contributed by atoms with Gasteiger partial charge in [-0.2, -0.15) is 0 Å². The smallest absolute Gasteiger partial charge is 0.0461 e. The monoisotopic (exact) mass is 612 g/mol. The van der Waals surface area contributed by atoms with Crippen LogP contribution in [-0.2, 0) is 5.41 Å². The third kappa shape index (κ3) is 6.88. The van der Waals surface area contributed by atoms with Crippen molar-refractivity contribution < 1.29 is 0 Å². The van der Waals surface area contributed by atoms with Gasteiger partial charge < -0.3 is 9.80 Å². The Labute approximate surface area is 281 Å². The number of allylic oxidation sites excluding steroid dienone is 10. The zero-order valence-corrected chi connectivity index (χ0v) is 27.2. The van der Waals surface area contributed by atoms with Crippen molar-refractivity contribution in [3.05, 3.63) is 192 Å². The SMILES string of the molecule is C1=CC=C(CN(C2=CCC=CC=C2)c2ccc(C3(c4ccc(N(c5ccccc5)c5ccccc5)cc4)CCCCC3)cc2)CC=C1. The Kier molecular flexibility index (Phi) is 9.47. The van der Waals surface area contributed by atoms with E-state index in [0.29, 0.717) is 0 Å². The van der Waals surface area contributed by atoms with Gasteiger partial charge in [0.1, 0.15) is 0 Å². The minimum atomic E-state index is 0.0231. The summed E-state index contributed by atoms with van der Waals surface area (Å²) in [6, 6.07) is 40.4. The summed E-state index contributed by atoms with van der Waals surface area (Å²) in [5.74, 6) is 0. The molecule has 0 atom stereocenters. The minimum Gasteiger partial charge on any atom is -0.338 e. The van der Waals surface area contributed by atoms with E-state index in [9.17, 15) is 0 Å². The van der Waals surface area contributed by atoms with E-state index in [1.165, 1.54) is 77.3 Å². The standard InChI is InChI=1S/C45H44N2/c1-2-9-19-37(18-8-1)36-46(40-20-10-3-4-11-21-40)41-30-26-38(27-31-41)45(34-16-7-17-35-45)39-28-32-44(33-29-39)47(42-22-12-5-13-23-42)43-24-14-6-15-25-43/h1-6,8-10,12-15,18,20-33H,7,11,16-17,19,34-36H2. The number of rotatable bonds is 9. The molecule has 4 aromatic carbocycles. The predicted octanol–water partition coefficient (Wildman–Crippen LogP) is 12.1. The summed E-state index contributed by atoms with van der Waals surface area (Å²) in [6.45, 7) is 0.871. The first-order valence-corrected chi connectivity index (χ1v) is 17.2. The fraction of sp³-hybridized carbons (Fsp3) is 0.200. The van der Waals surface area contributed by atoms with Crippen LogP contribution in [-0.4, -0.2) is 6.54 Å². The Morgan fingerprint density at radius 3 is 1.79 bits per heavy atom. The van der Waals surface area contributed by atoms with Crippen molar-refractivity contribution in [2.75, 3.05) is 16.3 Å². The van der Waals surface area contributed by atoms with Crippen LogP contribution >= 0.6 is 0 Å². The molecule has 234 valence electrons. The lowest BCUT2D eigenvalue weighted by Gasteiger charge is -2.39. The highest BCUT2D eigenvalue weighted by Crippen LogP contribution is 2.46. The van der Waals surface area contributed by atoms with Crippen molar-refractivity contribution in [2.45, 2.75) is 50.4 Å². The molecule has 3 aliphatic carbocycles. The second-order valence-corrected chi connectivity index (χ2v) is 12.8. The maximum absolute atomic E-state index is 2.48. The summed E-state index contributed by atoms with van der Waals surface area (Å²) in [5.41, 5.74) is 10.3. The van der Waals surface area contributed by atoms with Gasteiger partial charge >= 0.3 is 0 Å². The number of anilines is 4. The molecule has 0 aromatic heterocycles. The normalized spacial score (nSPS) is 16.9. The number of hydrogen-bond acceptors (Lipinski definition) is 2. The topological polar surface area (TPSA) is 6.48 Å². The molecule has 1 saturated carbocycles. The molecule has 0 aliphatic heterocycles. The van der Waals surface area contributed by atoms with Gasteiger partial charge in [-0.15, -0.1) is 0 Å². The first-order valence-electron chi connectivity index (χ1n) is 17.2. The van der Waals surface area contributed by atoms with Crippen LogP contribution in [0.25, 0.3) is 0 Å². The minimum absolute atomic E-state index is 0.0231. The molecule has 0 heterocycles. The lowest BCUT2D eigenvalue weighted by Crippen LogP contribution is -2.31. The highest BCUT2D eigenvalue weighted by Gasteiger charge is 2.36. The molecule has 0 N–H and O–H groups in total. The Morgan fingerprint density at radius 2 is 1.13 bits per heavy atom. The molecule has 4 aromatic rings. The molecule has 0 bridgehead atoms. The summed E-state index contributed by atoms with van der Waals surface area (Å²) in [6.07, 6.45) is 30.2. The van der Waals surface area contributed by atoms with Crippen molar-refractivity contribution in [1.82, 2.24) is 0 Å². The molecule has 3 aliphatic rings. The average Bonchev–Trinajstić information content (AvgIpc) is 3.58. The highest BCUT2D eigenvalue weighted by atomic mass is 15.1. The van der Waals surface area contributed by atoms with Crippen LogP contribution < -0.4 is 9.80 Å². The van der Waals surface area contributed by atoms with Crippen LogP contribution in [0.4, 0.5) is 22.7 Å². The van der Waals surface area contributed by atoms with E-state index in [1.54, 1.807) is 0 Å². The van der Waals surface area contributed by atoms with Gasteiger partial charge in [-0.1, -0.05) is 135 Å². The lowest BCUT2D eigenvalue weighted by atomic mass is 9.65. The summed E-state index contributed by atoms with van der Waals surface area (Å²) < 4.78 is 0. The first-order chi connectivity index (χ1) is 23.3. The summed E-state index contributed by atoms with van der Waals surface area (Å²) in [5, 5.41) is 0. The summed E-state index contributed by atoms with van der Waals surface area (Å²) in [4.78, 5) is 4.83. The van der Waals surface area contributed by atoms with Crippen LogP contribution in [0, 0.1) is 0 Å². The van der Waals surface area contributed by atoms with E-state index in [-0.39, 0.29) is 5.41 Å². The molecular formula is C45H44N2. The maximum atomic E-state index is 2.48. The van der Waals surface area contributed by atoms with Crippen molar-refractivity contribution in [2.24, 2.45) is 0 Å². The van der Waals surface area contributed by atoms with Gasteiger partial charge in [0.15, 0.2) is 0 Å². The fourth-order valence-electron chi connectivity index (χ4n) is 7.43. The number of para-hydroxylation sites is 2. The van der Waals surface area contributed by atoms with Crippen molar-refractivity contribution >= 4 is 22.7 Å². The van der Waals surface area contributed by atoms with Gasteiger partial charge in [-0.3, -0.25) is 0 Å². The largest absolute Gasteiger partial charge is 0.338 e. The fourth-order valence-corrected chi connectivity index (χ4v) is 7.43. The van der Waals surface area contributed by atoms with E-state index in [2.05, 4.69) is 180 Å². The predicted molar refractivity (Wildman–Crippen MR) is 201 cm³/mol. The number of benzene rings is 4. The molecular weight excluding hydrogens is 569 g/mol. The second kappa shape index (κ2) is 14.6. The van der Waals surface area contributed by atoms with Crippen LogP contribution in [0.1, 0.15) is 56.1 Å². The van der Waals surface area contributed by atoms with E-state index >= 15 is 0 Å². The summed E-state index contributed by atoms with van der Waals surface area (Å²) in [7, 11) is 0. The zero-order valence-electron chi connectivity index (χ0n) is 27.2. The molecule has 0 radical (unpaired) electrons. The van der Waals surface area contributed by atoms with Crippen LogP contribution in [0.15, 0.2) is 181 Å². The average molecular weight is 613 g/mol. The summed E-state index contributed by atoms with van der Waals surface area (Å²) >= 11 is 0. The molecule has 7 rings (SSSR count). The van der Waals surface area contributed by atoms with E-state index in [0.717, 1.165) is 19.4 Å².